The number of carbonyl (C=O) groups excluding carboxylic acids is 1. The molecule has 9 heteroatoms. The molecule has 0 fully saturated rings. The summed E-state index contributed by atoms with van der Waals surface area (Å²) in [6, 6.07) is 3.26. The third-order valence-corrected chi connectivity index (χ3v) is 3.57. The maximum atomic E-state index is 14.1. The number of nitrogens with one attached hydrogen (secondary N) is 3. The molecule has 1 unspecified atom stereocenters. The molecule has 1 rings (SSSR count). The standard InChI is InChI=1S/C18H29F2N5O.HI/c1-18(2,3)24-15(26)11-23-17(21-4)22-10-14(25(5)6)16-12(19)8-7-9-13(16)20;/h7-9,14H,10-11H2,1-6H3,(H,24,26)(H2,21,22,23);1H. The molecule has 6 nitrogen and oxygen atoms in total. The van der Waals surface area contributed by atoms with E-state index < -0.39 is 17.7 Å². The first kappa shape index (κ1) is 25.5. The van der Waals surface area contributed by atoms with Gasteiger partial charge in [0.15, 0.2) is 5.96 Å². The summed E-state index contributed by atoms with van der Waals surface area (Å²) in [7, 11) is 5.04. The zero-order valence-electron chi connectivity index (χ0n) is 16.7. The average molecular weight is 497 g/mol. The molecule has 0 aliphatic carbocycles. The van der Waals surface area contributed by atoms with Gasteiger partial charge in [0.25, 0.3) is 0 Å². The van der Waals surface area contributed by atoms with Crippen molar-refractivity contribution in [3.8, 4) is 0 Å². The predicted molar refractivity (Wildman–Crippen MR) is 115 cm³/mol. The highest BCUT2D eigenvalue weighted by Crippen LogP contribution is 2.23. The van der Waals surface area contributed by atoms with Crippen LogP contribution in [0, 0.1) is 11.6 Å². The van der Waals surface area contributed by atoms with Crippen LogP contribution in [0.3, 0.4) is 0 Å². The first-order valence-electron chi connectivity index (χ1n) is 8.41. The van der Waals surface area contributed by atoms with Crippen molar-refractivity contribution in [2.24, 2.45) is 4.99 Å². The summed E-state index contributed by atoms with van der Waals surface area (Å²) in [6.07, 6.45) is 0. The highest BCUT2D eigenvalue weighted by atomic mass is 127. The van der Waals surface area contributed by atoms with Gasteiger partial charge in [-0.3, -0.25) is 9.79 Å². The quantitative estimate of drug-likeness (QED) is 0.321. The molecule has 3 N–H and O–H groups in total. The highest BCUT2D eigenvalue weighted by Gasteiger charge is 2.22. The molecule has 0 aliphatic rings. The van der Waals surface area contributed by atoms with Crippen LogP contribution in [0.2, 0.25) is 0 Å². The van der Waals surface area contributed by atoms with Crippen molar-refractivity contribution in [1.29, 1.82) is 0 Å². The van der Waals surface area contributed by atoms with Crippen LogP contribution in [0.25, 0.3) is 0 Å². The number of hydrogen-bond acceptors (Lipinski definition) is 3. The molecule has 0 saturated heterocycles. The van der Waals surface area contributed by atoms with E-state index in [1.807, 2.05) is 20.8 Å². The van der Waals surface area contributed by atoms with Crippen LogP contribution in [-0.4, -0.2) is 56.5 Å². The number of likely N-dealkylation sites (N-methyl/N-ethyl adjacent to an activating group) is 1. The molecule has 0 saturated carbocycles. The van der Waals surface area contributed by atoms with Crippen LogP contribution in [-0.2, 0) is 4.79 Å². The molecule has 27 heavy (non-hydrogen) atoms. The number of amides is 1. The van der Waals surface area contributed by atoms with Gasteiger partial charge in [0, 0.05) is 24.7 Å². The van der Waals surface area contributed by atoms with Gasteiger partial charge >= 0.3 is 0 Å². The number of guanidine groups is 1. The Hall–Kier alpha value is -1.49. The van der Waals surface area contributed by atoms with Crippen LogP contribution >= 0.6 is 24.0 Å². The molecule has 154 valence electrons. The van der Waals surface area contributed by atoms with E-state index in [4.69, 9.17) is 0 Å². The van der Waals surface area contributed by atoms with Crippen molar-refractivity contribution in [2.45, 2.75) is 32.4 Å². The lowest BCUT2D eigenvalue weighted by Gasteiger charge is -2.27. The molecule has 0 aromatic heterocycles. The number of rotatable bonds is 6. The van der Waals surface area contributed by atoms with Crippen LogP contribution < -0.4 is 16.0 Å². The fraction of sp³-hybridized carbons (Fsp3) is 0.556. The molecule has 1 atom stereocenters. The molecule has 0 spiro atoms. The number of carbonyl (C=O) groups is 1. The van der Waals surface area contributed by atoms with E-state index in [-0.39, 0.29) is 54.1 Å². The first-order chi connectivity index (χ1) is 12.0. The van der Waals surface area contributed by atoms with E-state index in [0.29, 0.717) is 5.96 Å². The third-order valence-electron chi connectivity index (χ3n) is 3.57. The van der Waals surface area contributed by atoms with Gasteiger partial charge in [-0.1, -0.05) is 6.07 Å². The highest BCUT2D eigenvalue weighted by molar-refractivity contribution is 14.0. The Morgan fingerprint density at radius 1 is 1.19 bits per heavy atom. The monoisotopic (exact) mass is 497 g/mol. The second-order valence-corrected chi connectivity index (χ2v) is 7.22. The summed E-state index contributed by atoms with van der Waals surface area (Å²) in [4.78, 5) is 17.6. The van der Waals surface area contributed by atoms with E-state index in [2.05, 4.69) is 20.9 Å². The van der Waals surface area contributed by atoms with Gasteiger partial charge in [-0.15, -0.1) is 24.0 Å². The number of halogens is 3. The van der Waals surface area contributed by atoms with Crippen molar-refractivity contribution >= 4 is 35.8 Å². The minimum atomic E-state index is -0.599. The van der Waals surface area contributed by atoms with Crippen LogP contribution in [0.1, 0.15) is 32.4 Å². The lowest BCUT2D eigenvalue weighted by Crippen LogP contribution is -2.49. The van der Waals surface area contributed by atoms with E-state index in [0.717, 1.165) is 0 Å². The second kappa shape index (κ2) is 11.4. The van der Waals surface area contributed by atoms with E-state index in [1.54, 1.807) is 26.0 Å². The SMILES string of the molecule is CN=C(NCC(=O)NC(C)(C)C)NCC(c1c(F)cccc1F)N(C)C.I. The molecule has 1 aromatic carbocycles. The van der Waals surface area contributed by atoms with E-state index in [1.165, 1.54) is 18.2 Å². The maximum absolute atomic E-state index is 14.1. The molecular weight excluding hydrogens is 467 g/mol. The van der Waals surface area contributed by atoms with Gasteiger partial charge < -0.3 is 20.9 Å². The van der Waals surface area contributed by atoms with Crippen molar-refractivity contribution in [2.75, 3.05) is 34.2 Å². The molecule has 0 heterocycles. The smallest absolute Gasteiger partial charge is 0.239 e. The minimum Gasteiger partial charge on any atom is -0.354 e. The maximum Gasteiger partial charge on any atom is 0.239 e. The molecular formula is C18H30F2IN5O. The van der Waals surface area contributed by atoms with Crippen molar-refractivity contribution in [3.63, 3.8) is 0 Å². The lowest BCUT2D eigenvalue weighted by atomic mass is 10.0. The zero-order valence-corrected chi connectivity index (χ0v) is 19.0. The Balaban J connectivity index is 0.00000676. The summed E-state index contributed by atoms with van der Waals surface area (Å²) < 4.78 is 28.2. The van der Waals surface area contributed by atoms with Gasteiger partial charge in [-0.25, -0.2) is 8.78 Å². The second-order valence-electron chi connectivity index (χ2n) is 7.22. The zero-order chi connectivity index (χ0) is 19.9. The van der Waals surface area contributed by atoms with Gasteiger partial charge in [0.1, 0.15) is 11.6 Å². The van der Waals surface area contributed by atoms with E-state index >= 15 is 0 Å². The van der Waals surface area contributed by atoms with Crippen LogP contribution in [0.15, 0.2) is 23.2 Å². The molecule has 0 aliphatic heterocycles. The Morgan fingerprint density at radius 2 is 1.74 bits per heavy atom. The van der Waals surface area contributed by atoms with E-state index in [9.17, 15) is 13.6 Å². The minimum absolute atomic E-state index is 0. The summed E-state index contributed by atoms with van der Waals surface area (Å²) in [5.41, 5.74) is -0.334. The number of nitrogens with zero attached hydrogens (tertiary/aromatic N) is 2. The topological polar surface area (TPSA) is 68.8 Å². The number of hydrogen-bond donors (Lipinski definition) is 3. The Morgan fingerprint density at radius 3 is 2.19 bits per heavy atom. The molecule has 1 amide bonds. The molecule has 0 radical (unpaired) electrons. The van der Waals surface area contributed by atoms with Gasteiger partial charge in [0.05, 0.1) is 12.6 Å². The van der Waals surface area contributed by atoms with Crippen LogP contribution in [0.4, 0.5) is 8.78 Å². The molecule has 1 aromatic rings. The summed E-state index contributed by atoms with van der Waals surface area (Å²) in [6.45, 7) is 5.93. The van der Waals surface area contributed by atoms with Crippen molar-refractivity contribution in [1.82, 2.24) is 20.9 Å². The Kier molecular flexibility index (Phi) is 10.7. The lowest BCUT2D eigenvalue weighted by molar-refractivity contribution is -0.121. The largest absolute Gasteiger partial charge is 0.354 e. The third kappa shape index (κ3) is 8.83. The van der Waals surface area contributed by atoms with Gasteiger partial charge in [-0.2, -0.15) is 0 Å². The normalized spacial score (nSPS) is 13.0. The Bertz CT molecular complexity index is 627. The fourth-order valence-corrected chi connectivity index (χ4v) is 2.41. The van der Waals surface area contributed by atoms with Crippen molar-refractivity contribution < 1.29 is 13.6 Å². The number of aliphatic imine (C=N–C) groups is 1. The fourth-order valence-electron chi connectivity index (χ4n) is 2.41. The number of benzene rings is 1. The summed E-state index contributed by atoms with van der Waals surface area (Å²) in [5.74, 6) is -1.00. The molecule has 0 bridgehead atoms. The van der Waals surface area contributed by atoms with Gasteiger partial charge in [-0.05, 0) is 47.0 Å². The average Bonchev–Trinajstić information content (AvgIpc) is 2.50. The van der Waals surface area contributed by atoms with Crippen LogP contribution in [0.5, 0.6) is 0 Å². The van der Waals surface area contributed by atoms with Gasteiger partial charge in [0.2, 0.25) is 5.91 Å². The first-order valence-corrected chi connectivity index (χ1v) is 8.41. The summed E-state index contributed by atoms with van der Waals surface area (Å²) >= 11 is 0. The predicted octanol–water partition coefficient (Wildman–Crippen LogP) is 2.27. The summed E-state index contributed by atoms with van der Waals surface area (Å²) in [5, 5.41) is 8.72. The Labute approximate surface area is 177 Å². The van der Waals surface area contributed by atoms with Crippen molar-refractivity contribution in [3.05, 3.63) is 35.4 Å².